The molecule has 0 unspecified atom stereocenters. The smallest absolute Gasteiger partial charge is 0.315 e. The summed E-state index contributed by atoms with van der Waals surface area (Å²) in [6.45, 7) is 1.30. The van der Waals surface area contributed by atoms with Crippen LogP contribution in [0.5, 0.6) is 0 Å². The van der Waals surface area contributed by atoms with Crippen molar-refractivity contribution in [2.45, 2.75) is 50.9 Å². The lowest BCUT2D eigenvalue weighted by molar-refractivity contribution is 0.117. The van der Waals surface area contributed by atoms with Gasteiger partial charge < -0.3 is 20.3 Å². The summed E-state index contributed by atoms with van der Waals surface area (Å²) in [4.78, 5) is 16.0. The number of nitrogens with zero attached hydrogens (tertiary/aromatic N) is 2. The van der Waals surface area contributed by atoms with Crippen LogP contribution in [-0.4, -0.2) is 32.8 Å². The van der Waals surface area contributed by atoms with E-state index in [0.717, 1.165) is 37.8 Å². The maximum Gasteiger partial charge on any atom is 0.315 e. The molecule has 6 heteroatoms. The average Bonchev–Trinajstić information content (AvgIpc) is 3.09. The highest BCUT2D eigenvalue weighted by Gasteiger charge is 2.20. The van der Waals surface area contributed by atoms with Gasteiger partial charge in [0.15, 0.2) is 0 Å². The van der Waals surface area contributed by atoms with E-state index in [1.54, 1.807) is 12.5 Å². The third kappa shape index (κ3) is 4.83. The molecule has 0 aliphatic heterocycles. The molecule has 6 nitrogen and oxygen atoms in total. The molecule has 2 aromatic rings. The highest BCUT2D eigenvalue weighted by atomic mass is 16.3. The van der Waals surface area contributed by atoms with Crippen LogP contribution in [-0.2, 0) is 13.1 Å². The Morgan fingerprint density at radius 3 is 2.54 bits per heavy atom. The second-order valence-electron chi connectivity index (χ2n) is 6.38. The highest BCUT2D eigenvalue weighted by molar-refractivity contribution is 5.74. The summed E-state index contributed by atoms with van der Waals surface area (Å²) in [7, 11) is 0. The summed E-state index contributed by atoms with van der Waals surface area (Å²) in [5.74, 6) is 0. The molecule has 0 radical (unpaired) electrons. The maximum absolute atomic E-state index is 11.9. The van der Waals surface area contributed by atoms with Crippen molar-refractivity contribution in [2.75, 3.05) is 0 Å². The van der Waals surface area contributed by atoms with Crippen LogP contribution in [0.4, 0.5) is 4.79 Å². The molecule has 3 rings (SSSR count). The lowest BCUT2D eigenvalue weighted by atomic mass is 9.93. The highest BCUT2D eigenvalue weighted by Crippen LogP contribution is 2.18. The summed E-state index contributed by atoms with van der Waals surface area (Å²) in [6, 6.07) is 8.23. The predicted octanol–water partition coefficient (Wildman–Crippen LogP) is 2.03. The van der Waals surface area contributed by atoms with E-state index in [4.69, 9.17) is 0 Å². The minimum Gasteiger partial charge on any atom is -0.393 e. The zero-order valence-corrected chi connectivity index (χ0v) is 13.7. The van der Waals surface area contributed by atoms with E-state index < -0.39 is 0 Å². The van der Waals surface area contributed by atoms with Crippen molar-refractivity contribution in [2.24, 2.45) is 0 Å². The molecule has 1 aliphatic rings. The minimum absolute atomic E-state index is 0.140. The summed E-state index contributed by atoms with van der Waals surface area (Å²) in [5, 5.41) is 15.4. The van der Waals surface area contributed by atoms with Gasteiger partial charge in [0.1, 0.15) is 0 Å². The van der Waals surface area contributed by atoms with E-state index in [1.165, 1.54) is 5.56 Å². The number of carbonyl (C=O) groups excluding carboxylic acids is 1. The molecular weight excluding hydrogens is 304 g/mol. The van der Waals surface area contributed by atoms with Gasteiger partial charge >= 0.3 is 6.03 Å². The van der Waals surface area contributed by atoms with Gasteiger partial charge in [0.25, 0.3) is 0 Å². The Bertz CT molecular complexity index is 632. The fraction of sp³-hybridized carbons (Fsp3) is 0.444. The second-order valence-corrected chi connectivity index (χ2v) is 6.38. The van der Waals surface area contributed by atoms with Gasteiger partial charge in [0, 0.05) is 31.5 Å². The fourth-order valence-corrected chi connectivity index (χ4v) is 2.99. The number of aromatic nitrogens is 2. The van der Waals surface area contributed by atoms with Crippen molar-refractivity contribution in [1.29, 1.82) is 0 Å². The van der Waals surface area contributed by atoms with E-state index >= 15 is 0 Å². The molecule has 1 aromatic carbocycles. The van der Waals surface area contributed by atoms with Crippen LogP contribution in [0.1, 0.15) is 36.8 Å². The summed E-state index contributed by atoms with van der Waals surface area (Å²) >= 11 is 0. The van der Waals surface area contributed by atoms with E-state index in [9.17, 15) is 9.90 Å². The Kier molecular flexibility index (Phi) is 5.48. The third-order valence-corrected chi connectivity index (χ3v) is 4.43. The van der Waals surface area contributed by atoms with Gasteiger partial charge in [-0.05, 0) is 36.8 Å². The number of hydrogen-bond acceptors (Lipinski definition) is 3. The first-order valence-electron chi connectivity index (χ1n) is 8.45. The Morgan fingerprint density at radius 2 is 1.88 bits per heavy atom. The molecule has 0 spiro atoms. The molecule has 1 heterocycles. The van der Waals surface area contributed by atoms with E-state index in [1.807, 2.05) is 22.9 Å². The SMILES string of the molecule is O=C(NCc1ccc(Cn2ccnc2)cc1)NC1CCC(O)CC1. The standard InChI is InChI=1S/C18H24N4O2/c23-17-7-5-16(6-8-17)21-18(24)20-11-14-1-3-15(4-2-14)12-22-10-9-19-13-22/h1-4,9-10,13,16-17,23H,5-8,11-12H2,(H2,20,21,24). The summed E-state index contributed by atoms with van der Waals surface area (Å²) in [6.07, 6.45) is 8.52. The van der Waals surface area contributed by atoms with Gasteiger partial charge in [0.2, 0.25) is 0 Å². The molecule has 24 heavy (non-hydrogen) atoms. The number of hydrogen-bond donors (Lipinski definition) is 3. The number of benzene rings is 1. The summed E-state index contributed by atoms with van der Waals surface area (Å²) in [5.41, 5.74) is 2.26. The Morgan fingerprint density at radius 1 is 1.17 bits per heavy atom. The average molecular weight is 328 g/mol. The van der Waals surface area contributed by atoms with Crippen LogP contribution in [0.3, 0.4) is 0 Å². The molecule has 0 atom stereocenters. The Balaban J connectivity index is 1.42. The number of aliphatic hydroxyl groups is 1. The molecule has 128 valence electrons. The lowest BCUT2D eigenvalue weighted by Gasteiger charge is -2.26. The molecule has 1 aliphatic carbocycles. The van der Waals surface area contributed by atoms with Gasteiger partial charge in [-0.3, -0.25) is 0 Å². The molecule has 0 saturated heterocycles. The largest absolute Gasteiger partial charge is 0.393 e. The van der Waals surface area contributed by atoms with Crippen LogP contribution >= 0.6 is 0 Å². The molecule has 1 saturated carbocycles. The Hall–Kier alpha value is -2.34. The van der Waals surface area contributed by atoms with Crippen molar-refractivity contribution in [3.05, 3.63) is 54.1 Å². The number of urea groups is 1. The number of aliphatic hydroxyl groups excluding tert-OH is 1. The quantitative estimate of drug-likeness (QED) is 0.786. The van der Waals surface area contributed by atoms with Crippen molar-refractivity contribution < 1.29 is 9.90 Å². The zero-order chi connectivity index (χ0) is 16.8. The van der Waals surface area contributed by atoms with E-state index in [-0.39, 0.29) is 18.2 Å². The number of nitrogens with one attached hydrogen (secondary N) is 2. The van der Waals surface area contributed by atoms with Crippen LogP contribution in [0.25, 0.3) is 0 Å². The molecule has 0 bridgehead atoms. The lowest BCUT2D eigenvalue weighted by Crippen LogP contribution is -2.43. The maximum atomic E-state index is 11.9. The van der Waals surface area contributed by atoms with Crippen molar-refractivity contribution in [3.8, 4) is 0 Å². The first kappa shape index (κ1) is 16.5. The van der Waals surface area contributed by atoms with Gasteiger partial charge in [-0.15, -0.1) is 0 Å². The monoisotopic (exact) mass is 328 g/mol. The topological polar surface area (TPSA) is 79.2 Å². The van der Waals surface area contributed by atoms with Crippen LogP contribution in [0.2, 0.25) is 0 Å². The normalized spacial score (nSPS) is 20.5. The van der Waals surface area contributed by atoms with Crippen LogP contribution in [0, 0.1) is 0 Å². The van der Waals surface area contributed by atoms with Crippen molar-refractivity contribution in [3.63, 3.8) is 0 Å². The number of imidazole rings is 1. The van der Waals surface area contributed by atoms with E-state index in [2.05, 4.69) is 27.8 Å². The molecule has 3 N–H and O–H groups in total. The fourth-order valence-electron chi connectivity index (χ4n) is 2.99. The molecule has 1 aromatic heterocycles. The number of rotatable bonds is 5. The van der Waals surface area contributed by atoms with Crippen LogP contribution in [0.15, 0.2) is 43.0 Å². The van der Waals surface area contributed by atoms with Crippen molar-refractivity contribution in [1.82, 2.24) is 20.2 Å². The van der Waals surface area contributed by atoms with Gasteiger partial charge in [-0.2, -0.15) is 0 Å². The zero-order valence-electron chi connectivity index (χ0n) is 13.7. The summed E-state index contributed by atoms with van der Waals surface area (Å²) < 4.78 is 2.02. The third-order valence-electron chi connectivity index (χ3n) is 4.43. The predicted molar refractivity (Wildman–Crippen MR) is 91.4 cm³/mol. The molecule has 2 amide bonds. The number of carbonyl (C=O) groups is 1. The van der Waals surface area contributed by atoms with Crippen LogP contribution < -0.4 is 10.6 Å². The molecule has 1 fully saturated rings. The Labute approximate surface area is 141 Å². The van der Waals surface area contributed by atoms with E-state index in [0.29, 0.717) is 6.54 Å². The van der Waals surface area contributed by atoms with Gasteiger partial charge in [-0.1, -0.05) is 24.3 Å². The number of amides is 2. The van der Waals surface area contributed by atoms with Gasteiger partial charge in [-0.25, -0.2) is 9.78 Å². The first-order valence-corrected chi connectivity index (χ1v) is 8.45. The van der Waals surface area contributed by atoms with Crippen molar-refractivity contribution >= 4 is 6.03 Å². The first-order chi connectivity index (χ1) is 11.7. The second kappa shape index (κ2) is 7.97. The van der Waals surface area contributed by atoms with Gasteiger partial charge in [0.05, 0.1) is 12.4 Å². The minimum atomic E-state index is -0.202. The molecular formula is C18H24N4O2.